The van der Waals surface area contributed by atoms with E-state index in [0.29, 0.717) is 39.7 Å². The molecule has 0 bridgehead atoms. The van der Waals surface area contributed by atoms with Crippen molar-refractivity contribution in [1.29, 1.82) is 0 Å². The number of hydrogen-bond donors (Lipinski definition) is 1. The number of benzene rings is 1. The predicted octanol–water partition coefficient (Wildman–Crippen LogP) is 3.34. The molecule has 1 saturated heterocycles. The van der Waals surface area contributed by atoms with Gasteiger partial charge in [-0.25, -0.2) is 0 Å². The zero-order valence-electron chi connectivity index (χ0n) is 14.3. The Morgan fingerprint density at radius 3 is 2.83 bits per heavy atom. The third kappa shape index (κ3) is 2.79. The molecular formula is C18H23N3O2S. The highest BCUT2D eigenvalue weighted by Gasteiger charge is 2.31. The van der Waals surface area contributed by atoms with Crippen LogP contribution in [0.25, 0.3) is 10.9 Å². The fourth-order valence-corrected chi connectivity index (χ4v) is 3.90. The Morgan fingerprint density at radius 1 is 1.42 bits per heavy atom. The lowest BCUT2D eigenvalue weighted by molar-refractivity contribution is 0.0701. The van der Waals surface area contributed by atoms with Gasteiger partial charge in [-0.1, -0.05) is 13.8 Å². The minimum absolute atomic E-state index is 0.0343. The second-order valence-electron chi connectivity index (χ2n) is 6.69. The van der Waals surface area contributed by atoms with Crippen LogP contribution in [0.5, 0.6) is 0 Å². The van der Waals surface area contributed by atoms with Gasteiger partial charge in [0, 0.05) is 24.7 Å². The first-order chi connectivity index (χ1) is 11.4. The Kier molecular flexibility index (Phi) is 4.58. The minimum atomic E-state index is -0.114. The van der Waals surface area contributed by atoms with Crippen molar-refractivity contribution in [2.24, 2.45) is 5.92 Å². The summed E-state index contributed by atoms with van der Waals surface area (Å²) in [5.41, 5.74) is 1.12. The summed E-state index contributed by atoms with van der Waals surface area (Å²) in [7, 11) is 0. The van der Waals surface area contributed by atoms with E-state index in [4.69, 9.17) is 12.2 Å². The number of carbonyl (C=O) groups is 1. The standard InChI is InChI=1S/C18H23N3O2S/c1-4-20-17(23)13-8-7-12(10-14(13)19-18(20)24)16(22)21-9-5-6-15(21)11(2)3/h7-8,10-11,15H,4-6,9H2,1-3H3,(H,19,24)/t15-/m0/s1. The molecule has 1 aliphatic rings. The van der Waals surface area contributed by atoms with Crippen LogP contribution in [0.2, 0.25) is 0 Å². The Bertz CT molecular complexity index is 897. The fourth-order valence-electron chi connectivity index (χ4n) is 3.58. The van der Waals surface area contributed by atoms with Crippen LogP contribution >= 0.6 is 12.2 Å². The smallest absolute Gasteiger partial charge is 0.262 e. The molecule has 1 fully saturated rings. The van der Waals surface area contributed by atoms with Gasteiger partial charge < -0.3 is 9.88 Å². The van der Waals surface area contributed by atoms with Crippen LogP contribution in [0.15, 0.2) is 23.0 Å². The molecule has 3 rings (SSSR count). The quantitative estimate of drug-likeness (QED) is 0.868. The Hall–Kier alpha value is -1.95. The largest absolute Gasteiger partial charge is 0.335 e. The highest BCUT2D eigenvalue weighted by Crippen LogP contribution is 2.26. The molecule has 6 heteroatoms. The number of amides is 1. The van der Waals surface area contributed by atoms with Crippen LogP contribution in [-0.2, 0) is 6.54 Å². The van der Waals surface area contributed by atoms with Crippen molar-refractivity contribution in [2.45, 2.75) is 46.2 Å². The normalized spacial score (nSPS) is 17.8. The number of likely N-dealkylation sites (tertiary alicyclic amines) is 1. The van der Waals surface area contributed by atoms with Gasteiger partial charge in [-0.3, -0.25) is 14.2 Å². The maximum absolute atomic E-state index is 12.9. The molecule has 5 nitrogen and oxygen atoms in total. The number of hydrogen-bond acceptors (Lipinski definition) is 3. The van der Waals surface area contributed by atoms with Gasteiger partial charge in [0.25, 0.3) is 11.5 Å². The van der Waals surface area contributed by atoms with E-state index in [1.165, 1.54) is 4.57 Å². The number of rotatable bonds is 3. The Morgan fingerprint density at radius 2 is 2.17 bits per heavy atom. The summed E-state index contributed by atoms with van der Waals surface area (Å²) in [4.78, 5) is 30.4. The van der Waals surface area contributed by atoms with Gasteiger partial charge in [0.15, 0.2) is 4.77 Å². The highest BCUT2D eigenvalue weighted by atomic mass is 32.1. The first kappa shape index (κ1) is 16.9. The lowest BCUT2D eigenvalue weighted by atomic mass is 10.0. The Balaban J connectivity index is 2.04. The molecule has 1 amide bonds. The SMILES string of the molecule is CCn1c(=S)[nH]c2cc(C(=O)N3CCC[C@H]3C(C)C)ccc2c1=O. The van der Waals surface area contributed by atoms with Gasteiger partial charge in [0.1, 0.15) is 0 Å². The lowest BCUT2D eigenvalue weighted by Crippen LogP contribution is -2.38. The first-order valence-electron chi connectivity index (χ1n) is 8.52. The van der Waals surface area contributed by atoms with Crippen molar-refractivity contribution < 1.29 is 4.79 Å². The van der Waals surface area contributed by atoms with E-state index in [9.17, 15) is 9.59 Å². The van der Waals surface area contributed by atoms with Crippen LogP contribution in [-0.4, -0.2) is 32.9 Å². The Labute approximate surface area is 146 Å². The second kappa shape index (κ2) is 6.51. The van der Waals surface area contributed by atoms with E-state index in [1.807, 2.05) is 11.8 Å². The van der Waals surface area contributed by atoms with Crippen molar-refractivity contribution in [3.8, 4) is 0 Å². The number of aromatic amines is 1. The molecule has 1 aromatic carbocycles. The van der Waals surface area contributed by atoms with Crippen LogP contribution < -0.4 is 5.56 Å². The molecule has 1 aliphatic heterocycles. The number of nitrogens with zero attached hydrogens (tertiary/aromatic N) is 2. The van der Waals surface area contributed by atoms with Crippen LogP contribution in [0.1, 0.15) is 44.0 Å². The van der Waals surface area contributed by atoms with Gasteiger partial charge in [0.05, 0.1) is 10.9 Å². The van der Waals surface area contributed by atoms with E-state index in [-0.39, 0.29) is 11.5 Å². The third-order valence-corrected chi connectivity index (χ3v) is 5.20. The van der Waals surface area contributed by atoms with E-state index in [0.717, 1.165) is 19.4 Å². The lowest BCUT2D eigenvalue weighted by Gasteiger charge is -2.27. The number of nitrogens with one attached hydrogen (secondary N) is 1. The van der Waals surface area contributed by atoms with Crippen LogP contribution in [0.3, 0.4) is 0 Å². The van der Waals surface area contributed by atoms with Crippen LogP contribution in [0, 0.1) is 10.7 Å². The van der Waals surface area contributed by atoms with Gasteiger partial charge in [-0.2, -0.15) is 0 Å². The monoisotopic (exact) mass is 345 g/mol. The summed E-state index contributed by atoms with van der Waals surface area (Å²) >= 11 is 5.25. The minimum Gasteiger partial charge on any atom is -0.335 e. The van der Waals surface area contributed by atoms with E-state index >= 15 is 0 Å². The molecule has 0 saturated carbocycles. The van der Waals surface area contributed by atoms with Crippen LogP contribution in [0.4, 0.5) is 0 Å². The molecule has 0 spiro atoms. The topological polar surface area (TPSA) is 58.1 Å². The molecule has 24 heavy (non-hydrogen) atoms. The average molecular weight is 345 g/mol. The predicted molar refractivity (Wildman–Crippen MR) is 98.0 cm³/mol. The molecular weight excluding hydrogens is 322 g/mol. The van der Waals surface area contributed by atoms with E-state index in [1.54, 1.807) is 18.2 Å². The second-order valence-corrected chi connectivity index (χ2v) is 7.08. The van der Waals surface area contributed by atoms with Gasteiger partial charge >= 0.3 is 0 Å². The molecule has 0 unspecified atom stereocenters. The van der Waals surface area contributed by atoms with Crippen molar-refractivity contribution in [3.63, 3.8) is 0 Å². The summed E-state index contributed by atoms with van der Waals surface area (Å²) in [6.07, 6.45) is 2.10. The molecule has 1 N–H and O–H groups in total. The number of aromatic nitrogens is 2. The molecule has 2 aromatic rings. The molecule has 2 heterocycles. The zero-order valence-corrected chi connectivity index (χ0v) is 15.2. The number of fused-ring (bicyclic) bond motifs is 1. The van der Waals surface area contributed by atoms with E-state index in [2.05, 4.69) is 18.8 Å². The maximum atomic E-state index is 12.9. The molecule has 1 atom stereocenters. The average Bonchev–Trinajstić information content (AvgIpc) is 3.03. The summed E-state index contributed by atoms with van der Waals surface area (Å²) in [5.74, 6) is 0.478. The number of H-pyrrole nitrogens is 1. The zero-order chi connectivity index (χ0) is 17.4. The van der Waals surface area contributed by atoms with Gasteiger partial charge in [-0.15, -0.1) is 0 Å². The summed E-state index contributed by atoms with van der Waals surface area (Å²) in [6.45, 7) is 7.51. The molecule has 1 aromatic heterocycles. The van der Waals surface area contributed by atoms with Crippen molar-refractivity contribution in [3.05, 3.63) is 38.9 Å². The fraction of sp³-hybridized carbons (Fsp3) is 0.500. The molecule has 0 aliphatic carbocycles. The molecule has 0 radical (unpaired) electrons. The first-order valence-corrected chi connectivity index (χ1v) is 8.92. The van der Waals surface area contributed by atoms with Gasteiger partial charge in [-0.05, 0) is 56.1 Å². The van der Waals surface area contributed by atoms with Crippen molar-refractivity contribution >= 4 is 29.0 Å². The number of carbonyl (C=O) groups excluding carboxylic acids is 1. The van der Waals surface area contributed by atoms with E-state index < -0.39 is 0 Å². The summed E-state index contributed by atoms with van der Waals surface area (Å²) < 4.78 is 1.91. The summed E-state index contributed by atoms with van der Waals surface area (Å²) in [5, 5.41) is 0.559. The van der Waals surface area contributed by atoms with Gasteiger partial charge in [0.2, 0.25) is 0 Å². The summed E-state index contributed by atoms with van der Waals surface area (Å²) in [6, 6.07) is 5.52. The third-order valence-electron chi connectivity index (χ3n) is 4.87. The molecule has 128 valence electrons. The highest BCUT2D eigenvalue weighted by molar-refractivity contribution is 7.71. The van der Waals surface area contributed by atoms with Crippen molar-refractivity contribution in [2.75, 3.05) is 6.54 Å². The van der Waals surface area contributed by atoms with Crippen molar-refractivity contribution in [1.82, 2.24) is 14.5 Å². The maximum Gasteiger partial charge on any atom is 0.262 e.